The van der Waals surface area contributed by atoms with Crippen LogP contribution in [0.1, 0.15) is 11.6 Å². The van der Waals surface area contributed by atoms with Gasteiger partial charge in [-0.25, -0.2) is 0 Å². The van der Waals surface area contributed by atoms with Crippen molar-refractivity contribution in [2.75, 3.05) is 39.5 Å². The second kappa shape index (κ2) is 9.95. The van der Waals surface area contributed by atoms with Gasteiger partial charge in [0.1, 0.15) is 5.75 Å². The van der Waals surface area contributed by atoms with E-state index in [-0.39, 0.29) is 18.6 Å². The lowest BCUT2D eigenvalue weighted by Crippen LogP contribution is -2.44. The maximum atomic E-state index is 12.2. The van der Waals surface area contributed by atoms with Crippen molar-refractivity contribution in [2.24, 2.45) is 0 Å². The summed E-state index contributed by atoms with van der Waals surface area (Å²) in [6.45, 7) is 3.34. The van der Waals surface area contributed by atoms with Crippen LogP contribution in [0, 0.1) is 0 Å². The fourth-order valence-corrected chi connectivity index (χ4v) is 3.40. The zero-order chi connectivity index (χ0) is 19.1. The van der Waals surface area contributed by atoms with E-state index in [1.54, 1.807) is 24.3 Å². The van der Waals surface area contributed by atoms with Gasteiger partial charge >= 0.3 is 0 Å². The second-order valence-corrected chi connectivity index (χ2v) is 7.08. The summed E-state index contributed by atoms with van der Waals surface area (Å²) < 4.78 is 10.9. The molecule has 2 aromatic carbocycles. The predicted octanol–water partition coefficient (Wildman–Crippen LogP) is 3.56. The first-order valence-electron chi connectivity index (χ1n) is 8.85. The molecule has 0 aliphatic carbocycles. The molecule has 0 bridgehead atoms. The second-order valence-electron chi connectivity index (χ2n) is 6.23. The van der Waals surface area contributed by atoms with Crippen molar-refractivity contribution in [1.29, 1.82) is 0 Å². The van der Waals surface area contributed by atoms with Gasteiger partial charge in [0.15, 0.2) is 6.61 Å². The molecule has 144 valence electrons. The minimum Gasteiger partial charge on any atom is -0.484 e. The van der Waals surface area contributed by atoms with Crippen molar-refractivity contribution in [3.8, 4) is 5.75 Å². The van der Waals surface area contributed by atoms with Crippen LogP contribution >= 0.6 is 23.2 Å². The highest BCUT2D eigenvalue weighted by Crippen LogP contribution is 2.27. The predicted molar refractivity (Wildman–Crippen MR) is 107 cm³/mol. The molecule has 0 spiro atoms. The van der Waals surface area contributed by atoms with Crippen molar-refractivity contribution in [1.82, 2.24) is 10.2 Å². The first-order valence-corrected chi connectivity index (χ1v) is 9.60. The molecular weight excluding hydrogens is 387 g/mol. The van der Waals surface area contributed by atoms with Gasteiger partial charge in [-0.05, 0) is 35.9 Å². The monoisotopic (exact) mass is 408 g/mol. The molecule has 0 saturated carbocycles. The molecule has 0 aromatic heterocycles. The molecule has 1 fully saturated rings. The first-order chi connectivity index (χ1) is 13.1. The van der Waals surface area contributed by atoms with Gasteiger partial charge in [-0.2, -0.15) is 0 Å². The molecule has 1 saturated heterocycles. The summed E-state index contributed by atoms with van der Waals surface area (Å²) in [5.74, 6) is 0.417. The van der Waals surface area contributed by atoms with E-state index >= 15 is 0 Å². The van der Waals surface area contributed by atoms with E-state index in [0.29, 0.717) is 35.6 Å². The number of benzene rings is 2. The maximum Gasteiger partial charge on any atom is 0.258 e. The van der Waals surface area contributed by atoms with Gasteiger partial charge in [0.2, 0.25) is 0 Å². The Morgan fingerprint density at radius 1 is 1.11 bits per heavy atom. The molecule has 7 heteroatoms. The number of carbonyl (C=O) groups is 1. The van der Waals surface area contributed by atoms with Gasteiger partial charge in [-0.1, -0.05) is 41.4 Å². The van der Waals surface area contributed by atoms with E-state index in [9.17, 15) is 4.79 Å². The molecular formula is C20H22Cl2N2O3. The summed E-state index contributed by atoms with van der Waals surface area (Å²) in [5, 5.41) is 4.28. The third-order valence-corrected chi connectivity index (χ3v) is 5.02. The number of amides is 1. The lowest BCUT2D eigenvalue weighted by atomic mass is 10.0. The zero-order valence-corrected chi connectivity index (χ0v) is 16.4. The maximum absolute atomic E-state index is 12.2. The third kappa shape index (κ3) is 5.84. The Morgan fingerprint density at radius 2 is 1.81 bits per heavy atom. The lowest BCUT2D eigenvalue weighted by Gasteiger charge is -2.35. The fourth-order valence-electron chi connectivity index (χ4n) is 3.01. The number of morpholine rings is 1. The van der Waals surface area contributed by atoms with Gasteiger partial charge in [0.25, 0.3) is 5.91 Å². The van der Waals surface area contributed by atoms with Crippen LogP contribution in [0.5, 0.6) is 5.75 Å². The molecule has 1 aliphatic rings. The summed E-state index contributed by atoms with van der Waals surface area (Å²) in [7, 11) is 0. The smallest absolute Gasteiger partial charge is 0.258 e. The molecule has 1 N–H and O–H groups in total. The molecule has 1 amide bonds. The minimum absolute atomic E-state index is 0.0120. The summed E-state index contributed by atoms with van der Waals surface area (Å²) in [6.07, 6.45) is 0. The quantitative estimate of drug-likeness (QED) is 0.760. The van der Waals surface area contributed by atoms with Crippen molar-refractivity contribution >= 4 is 29.1 Å². The number of nitrogens with one attached hydrogen (secondary N) is 1. The van der Waals surface area contributed by atoms with Gasteiger partial charge in [0, 0.05) is 29.7 Å². The van der Waals surface area contributed by atoms with Crippen molar-refractivity contribution < 1.29 is 14.3 Å². The van der Waals surface area contributed by atoms with Crippen molar-refractivity contribution in [3.63, 3.8) is 0 Å². The Hall–Kier alpha value is -1.79. The average Bonchev–Trinajstić information content (AvgIpc) is 2.70. The van der Waals surface area contributed by atoms with Crippen LogP contribution in [-0.2, 0) is 9.53 Å². The topological polar surface area (TPSA) is 50.8 Å². The van der Waals surface area contributed by atoms with Crippen LogP contribution in [0.25, 0.3) is 0 Å². The highest BCUT2D eigenvalue weighted by molar-refractivity contribution is 6.31. The summed E-state index contributed by atoms with van der Waals surface area (Å²) in [6, 6.07) is 14.6. The summed E-state index contributed by atoms with van der Waals surface area (Å²) in [4.78, 5) is 14.5. The van der Waals surface area contributed by atoms with E-state index in [1.165, 1.54) is 0 Å². The molecule has 5 nitrogen and oxygen atoms in total. The molecule has 1 heterocycles. The Bertz CT molecular complexity index is 749. The standard InChI is InChI=1S/C20H22Cl2N2O3/c21-15-5-7-16(8-6-15)27-14-20(25)23-13-19(24-9-11-26-12-10-24)17-3-1-2-4-18(17)22/h1-8,19H,9-14H2,(H,23,25). The van der Waals surface area contributed by atoms with Crippen LogP contribution in [0.4, 0.5) is 0 Å². The van der Waals surface area contributed by atoms with Crippen LogP contribution in [0.2, 0.25) is 10.0 Å². The van der Waals surface area contributed by atoms with E-state index in [1.807, 2.05) is 24.3 Å². The minimum atomic E-state index is -0.185. The van der Waals surface area contributed by atoms with Gasteiger partial charge in [-0.15, -0.1) is 0 Å². The number of ether oxygens (including phenoxy) is 2. The Kier molecular flexibility index (Phi) is 7.35. The van der Waals surface area contributed by atoms with E-state index < -0.39 is 0 Å². The van der Waals surface area contributed by atoms with Crippen LogP contribution < -0.4 is 10.1 Å². The number of carbonyl (C=O) groups excluding carboxylic acids is 1. The number of nitrogens with zero attached hydrogens (tertiary/aromatic N) is 1. The number of halogens is 2. The highest BCUT2D eigenvalue weighted by atomic mass is 35.5. The average molecular weight is 409 g/mol. The summed E-state index contributed by atoms with van der Waals surface area (Å²) in [5.41, 5.74) is 1.000. The number of hydrogen-bond acceptors (Lipinski definition) is 4. The first kappa shape index (κ1) is 20.0. The SMILES string of the molecule is O=C(COc1ccc(Cl)cc1)NCC(c1ccccc1Cl)N1CCOCC1. The van der Waals surface area contributed by atoms with E-state index in [4.69, 9.17) is 32.7 Å². The molecule has 1 atom stereocenters. The van der Waals surface area contributed by atoms with Crippen LogP contribution in [0.15, 0.2) is 48.5 Å². The van der Waals surface area contributed by atoms with Gasteiger partial charge in [-0.3, -0.25) is 9.69 Å². The molecule has 0 radical (unpaired) electrons. The van der Waals surface area contributed by atoms with Crippen molar-refractivity contribution in [3.05, 3.63) is 64.1 Å². The van der Waals surface area contributed by atoms with E-state index in [2.05, 4.69) is 10.2 Å². The largest absolute Gasteiger partial charge is 0.484 e. The molecule has 27 heavy (non-hydrogen) atoms. The molecule has 1 aliphatic heterocycles. The normalized spacial score (nSPS) is 15.9. The van der Waals surface area contributed by atoms with Crippen molar-refractivity contribution in [2.45, 2.75) is 6.04 Å². The molecule has 1 unspecified atom stereocenters. The molecule has 3 rings (SSSR count). The Labute approximate surface area is 169 Å². The lowest BCUT2D eigenvalue weighted by molar-refractivity contribution is -0.123. The van der Waals surface area contributed by atoms with E-state index in [0.717, 1.165) is 18.7 Å². The third-order valence-electron chi connectivity index (χ3n) is 4.43. The van der Waals surface area contributed by atoms with Gasteiger partial charge in [0.05, 0.1) is 19.3 Å². The zero-order valence-electron chi connectivity index (χ0n) is 14.9. The van der Waals surface area contributed by atoms with Crippen LogP contribution in [-0.4, -0.2) is 50.3 Å². The highest BCUT2D eigenvalue weighted by Gasteiger charge is 2.24. The number of rotatable bonds is 7. The fraction of sp³-hybridized carbons (Fsp3) is 0.350. The summed E-state index contributed by atoms with van der Waals surface area (Å²) >= 11 is 12.2. The number of hydrogen-bond donors (Lipinski definition) is 1. The van der Waals surface area contributed by atoms with Crippen LogP contribution in [0.3, 0.4) is 0 Å². The Morgan fingerprint density at radius 3 is 2.52 bits per heavy atom. The van der Waals surface area contributed by atoms with Gasteiger partial charge < -0.3 is 14.8 Å². The Balaban J connectivity index is 1.59. The molecule has 2 aromatic rings.